The van der Waals surface area contributed by atoms with E-state index >= 15 is 0 Å². The van der Waals surface area contributed by atoms with E-state index in [1.54, 1.807) is 12.1 Å². The zero-order chi connectivity index (χ0) is 7.56. The maximum absolute atomic E-state index is 10.6. The van der Waals surface area contributed by atoms with Gasteiger partial charge in [0.1, 0.15) is 0 Å². The van der Waals surface area contributed by atoms with Crippen LogP contribution in [0.25, 0.3) is 0 Å². The summed E-state index contributed by atoms with van der Waals surface area (Å²) in [6.07, 6.45) is 0. The van der Waals surface area contributed by atoms with Crippen LogP contribution in [0.5, 0.6) is 0 Å². The van der Waals surface area contributed by atoms with Crippen molar-refractivity contribution in [3.63, 3.8) is 0 Å². The smallest absolute Gasteiger partial charge is 0.0422 e. The first-order valence-corrected chi connectivity index (χ1v) is 3.39. The van der Waals surface area contributed by atoms with Gasteiger partial charge in [0.2, 0.25) is 0 Å². The van der Waals surface area contributed by atoms with Crippen molar-refractivity contribution in [1.82, 2.24) is 0 Å². The summed E-state index contributed by atoms with van der Waals surface area (Å²) in [6.45, 7) is 1.97. The quantitative estimate of drug-likeness (QED) is 0.568. The first-order valence-electron chi connectivity index (χ1n) is 2.98. The highest BCUT2D eigenvalue weighted by Crippen LogP contribution is 2.02. The van der Waals surface area contributed by atoms with Crippen molar-refractivity contribution >= 4 is 17.7 Å². The van der Waals surface area contributed by atoms with E-state index in [-0.39, 0.29) is 5.12 Å². The third kappa shape index (κ3) is 1.54. The van der Waals surface area contributed by atoms with Crippen molar-refractivity contribution in [2.24, 2.45) is 0 Å². The summed E-state index contributed by atoms with van der Waals surface area (Å²) >= 11 is 4.45. The highest BCUT2D eigenvalue weighted by atomic mass is 32.1. The van der Waals surface area contributed by atoms with Crippen LogP contribution >= 0.6 is 0 Å². The Kier molecular flexibility index (Phi) is 2.02. The molecule has 0 aliphatic rings. The fourth-order valence-corrected chi connectivity index (χ4v) is 0.826. The van der Waals surface area contributed by atoms with Gasteiger partial charge in [-0.05, 0) is 12.5 Å². The molecular formula is C8H7OS-. The maximum atomic E-state index is 10.6. The zero-order valence-corrected chi connectivity index (χ0v) is 6.44. The lowest BCUT2D eigenvalue weighted by Crippen LogP contribution is -1.91. The first kappa shape index (κ1) is 7.22. The van der Waals surface area contributed by atoms with E-state index in [9.17, 15) is 4.79 Å². The van der Waals surface area contributed by atoms with Crippen LogP contribution in [0.1, 0.15) is 15.9 Å². The molecule has 0 saturated heterocycles. The van der Waals surface area contributed by atoms with Gasteiger partial charge in [-0.2, -0.15) is 0 Å². The minimum absolute atomic E-state index is 0.292. The third-order valence-corrected chi connectivity index (χ3v) is 1.52. The average molecular weight is 151 g/mol. The molecule has 1 rings (SSSR count). The van der Waals surface area contributed by atoms with E-state index in [0.29, 0.717) is 5.56 Å². The second kappa shape index (κ2) is 2.80. The van der Waals surface area contributed by atoms with Crippen LogP contribution in [0.2, 0.25) is 0 Å². The molecule has 0 saturated carbocycles. The predicted molar refractivity (Wildman–Crippen MR) is 42.9 cm³/mol. The molecule has 0 bridgehead atoms. The van der Waals surface area contributed by atoms with Crippen LogP contribution in [0.15, 0.2) is 24.3 Å². The second-order valence-corrected chi connectivity index (χ2v) is 2.52. The number of carbonyl (C=O) groups is 1. The van der Waals surface area contributed by atoms with Crippen LogP contribution in [-0.2, 0) is 12.6 Å². The van der Waals surface area contributed by atoms with Crippen LogP contribution in [-0.4, -0.2) is 5.12 Å². The lowest BCUT2D eigenvalue weighted by Gasteiger charge is -2.02. The molecule has 0 aliphatic carbocycles. The van der Waals surface area contributed by atoms with Gasteiger partial charge in [-0.1, -0.05) is 29.8 Å². The van der Waals surface area contributed by atoms with Gasteiger partial charge in [0.05, 0.1) is 0 Å². The summed E-state index contributed by atoms with van der Waals surface area (Å²) in [5, 5.41) is -0.292. The Morgan fingerprint density at radius 3 is 2.20 bits per heavy atom. The second-order valence-electron chi connectivity index (χ2n) is 2.15. The van der Waals surface area contributed by atoms with Gasteiger partial charge in [-0.15, -0.1) is 0 Å². The highest BCUT2D eigenvalue weighted by Gasteiger charge is 1.88. The van der Waals surface area contributed by atoms with Gasteiger partial charge in [-0.3, -0.25) is 0 Å². The van der Waals surface area contributed by atoms with Crippen LogP contribution in [0.4, 0.5) is 0 Å². The van der Waals surface area contributed by atoms with E-state index in [2.05, 4.69) is 12.6 Å². The van der Waals surface area contributed by atoms with Crippen LogP contribution in [0, 0.1) is 6.92 Å². The summed E-state index contributed by atoms with van der Waals surface area (Å²) < 4.78 is 0. The third-order valence-electron chi connectivity index (χ3n) is 1.29. The Hall–Kier alpha value is -0.890. The number of rotatable bonds is 1. The fraction of sp³-hybridized carbons (Fsp3) is 0.125. The minimum Gasteiger partial charge on any atom is -0.737 e. The molecule has 0 atom stereocenters. The lowest BCUT2D eigenvalue weighted by molar-refractivity contribution is 0.109. The fourth-order valence-electron chi connectivity index (χ4n) is 0.690. The number of benzene rings is 1. The predicted octanol–water partition coefficient (Wildman–Crippen LogP) is 1.68. The van der Waals surface area contributed by atoms with E-state index < -0.39 is 0 Å². The molecule has 0 heterocycles. The molecular weight excluding hydrogens is 144 g/mol. The highest BCUT2D eigenvalue weighted by molar-refractivity contribution is 7.77. The van der Waals surface area contributed by atoms with Gasteiger partial charge in [-0.25, -0.2) is 0 Å². The molecule has 1 aromatic carbocycles. The Labute approximate surface area is 65.5 Å². The molecule has 1 aromatic rings. The summed E-state index contributed by atoms with van der Waals surface area (Å²) in [5.41, 5.74) is 1.74. The van der Waals surface area contributed by atoms with E-state index in [0.717, 1.165) is 5.56 Å². The van der Waals surface area contributed by atoms with Gasteiger partial charge < -0.3 is 17.4 Å². The molecule has 0 spiro atoms. The van der Waals surface area contributed by atoms with E-state index in [1.165, 1.54) is 0 Å². The van der Waals surface area contributed by atoms with E-state index in [4.69, 9.17) is 0 Å². The average Bonchev–Trinajstić information content (AvgIpc) is 1.88. The van der Waals surface area contributed by atoms with Gasteiger partial charge in [0.15, 0.2) is 0 Å². The van der Waals surface area contributed by atoms with Crippen LogP contribution in [0.3, 0.4) is 0 Å². The van der Waals surface area contributed by atoms with Crippen molar-refractivity contribution in [2.45, 2.75) is 6.92 Å². The van der Waals surface area contributed by atoms with Crippen LogP contribution < -0.4 is 0 Å². The van der Waals surface area contributed by atoms with Gasteiger partial charge in [0, 0.05) is 5.12 Å². The SMILES string of the molecule is Cc1ccc(C(=O)[S-])cc1. The molecule has 10 heavy (non-hydrogen) atoms. The zero-order valence-electron chi connectivity index (χ0n) is 5.63. The van der Waals surface area contributed by atoms with Crippen molar-refractivity contribution in [2.75, 3.05) is 0 Å². The molecule has 0 amide bonds. The number of hydrogen-bond acceptors (Lipinski definition) is 2. The van der Waals surface area contributed by atoms with Crippen molar-refractivity contribution in [3.05, 3.63) is 35.4 Å². The molecule has 0 unspecified atom stereocenters. The molecule has 0 aromatic heterocycles. The Bertz CT molecular complexity index is 238. The lowest BCUT2D eigenvalue weighted by atomic mass is 10.2. The summed E-state index contributed by atoms with van der Waals surface area (Å²) in [6, 6.07) is 7.23. The Morgan fingerprint density at radius 1 is 1.30 bits per heavy atom. The van der Waals surface area contributed by atoms with Crippen molar-refractivity contribution < 1.29 is 4.79 Å². The normalized spacial score (nSPS) is 9.30. The molecule has 2 heteroatoms. The largest absolute Gasteiger partial charge is 0.737 e. The van der Waals surface area contributed by atoms with Gasteiger partial charge >= 0.3 is 0 Å². The summed E-state index contributed by atoms with van der Waals surface area (Å²) in [4.78, 5) is 10.6. The number of hydrogen-bond donors (Lipinski definition) is 0. The summed E-state index contributed by atoms with van der Waals surface area (Å²) in [5.74, 6) is 0. The first-order chi connectivity index (χ1) is 4.70. The molecule has 0 aliphatic heterocycles. The van der Waals surface area contributed by atoms with Crippen molar-refractivity contribution in [1.29, 1.82) is 0 Å². The standard InChI is InChI=1S/C8H8OS/c1-6-2-4-7(5-3-6)8(9)10/h2-5H,1H3,(H,9,10)/p-1. The monoisotopic (exact) mass is 151 g/mol. The molecule has 0 radical (unpaired) electrons. The number of carbonyl (C=O) groups excluding carboxylic acids is 1. The minimum atomic E-state index is -0.292. The van der Waals surface area contributed by atoms with Gasteiger partial charge in [0.25, 0.3) is 0 Å². The molecule has 0 N–H and O–H groups in total. The number of aryl methyl sites for hydroxylation is 1. The topological polar surface area (TPSA) is 17.1 Å². The maximum Gasteiger partial charge on any atom is 0.0422 e. The van der Waals surface area contributed by atoms with E-state index in [1.807, 2.05) is 19.1 Å². The Morgan fingerprint density at radius 2 is 1.80 bits per heavy atom. The Balaban J connectivity index is 3.00. The van der Waals surface area contributed by atoms with Crippen molar-refractivity contribution in [3.8, 4) is 0 Å². The molecule has 52 valence electrons. The molecule has 0 fully saturated rings. The summed E-state index contributed by atoms with van der Waals surface area (Å²) in [7, 11) is 0. The molecule has 1 nitrogen and oxygen atoms in total.